The molecule has 3 aliphatic heterocycles. The first kappa shape index (κ1) is 72.7. The van der Waals surface area contributed by atoms with Crippen molar-refractivity contribution in [3.05, 3.63) is 143 Å². The van der Waals surface area contributed by atoms with Crippen LogP contribution in [0, 0.1) is 11.6 Å². The van der Waals surface area contributed by atoms with E-state index in [4.69, 9.17) is 14.2 Å². The summed E-state index contributed by atoms with van der Waals surface area (Å²) >= 11 is -0.204. The summed E-state index contributed by atoms with van der Waals surface area (Å²) in [5, 5.41) is 32.5. The lowest BCUT2D eigenvalue weighted by Gasteiger charge is -2.41. The highest BCUT2D eigenvalue weighted by molar-refractivity contribution is 7.98. The second-order valence-electron chi connectivity index (χ2n) is 24.4. The Morgan fingerprint density at radius 1 is 0.811 bits per heavy atom. The molecule has 5 aromatic rings. The van der Waals surface area contributed by atoms with Gasteiger partial charge in [0.15, 0.2) is 0 Å². The summed E-state index contributed by atoms with van der Waals surface area (Å²) in [6, 6.07) is 12.8. The van der Waals surface area contributed by atoms with Crippen LogP contribution in [0.5, 0.6) is 11.5 Å². The zero-order valence-electron chi connectivity index (χ0n) is 54.4. The first-order valence-electron chi connectivity index (χ1n) is 31.7. The molecule has 1 saturated heterocycles. The Morgan fingerprint density at radius 3 is 2.32 bits per heavy atom. The van der Waals surface area contributed by atoms with Crippen molar-refractivity contribution in [3.63, 3.8) is 0 Å². The number of allylic oxidation sites excluding steroid dienone is 1. The molecule has 0 saturated carbocycles. The Labute approximate surface area is 558 Å². The zero-order valence-corrected chi connectivity index (χ0v) is 56.1. The molecule has 512 valence electrons. The average Bonchev–Trinajstić information content (AvgIpc) is 1.70. The number of amides is 8. The van der Waals surface area contributed by atoms with Crippen molar-refractivity contribution in [2.75, 3.05) is 52.5 Å². The summed E-state index contributed by atoms with van der Waals surface area (Å²) in [6.45, 7) is 6.58. The van der Waals surface area contributed by atoms with Gasteiger partial charge in [-0.2, -0.15) is 11.8 Å². The predicted octanol–water partition coefficient (Wildman–Crippen LogP) is 3.90. The lowest BCUT2D eigenvalue weighted by Crippen LogP contribution is -2.65. The van der Waals surface area contributed by atoms with E-state index in [-0.39, 0.29) is 75.6 Å². The number of likely N-dealkylation sites (N-methyl/N-ethyl adjacent to an activating group) is 1. The van der Waals surface area contributed by atoms with E-state index < -0.39 is 124 Å². The zero-order chi connectivity index (χ0) is 68.5. The number of aliphatic hydroxyl groups excluding tert-OH is 1. The van der Waals surface area contributed by atoms with Gasteiger partial charge in [0.25, 0.3) is 0 Å². The first-order chi connectivity index (χ1) is 45.4. The molecular formula is C68H86F2N10O13S2. The van der Waals surface area contributed by atoms with Crippen molar-refractivity contribution in [1.82, 2.24) is 52.0 Å². The third kappa shape index (κ3) is 19.8. The second-order valence-corrected chi connectivity index (χ2v) is 27.1. The summed E-state index contributed by atoms with van der Waals surface area (Å²) in [5.41, 5.74) is 1.92. The van der Waals surface area contributed by atoms with Gasteiger partial charge in [-0.3, -0.25) is 43.3 Å². The summed E-state index contributed by atoms with van der Waals surface area (Å²) in [7, 11) is 4.24. The fraction of sp³-hybridized carbons (Fsp3) is 0.471. The van der Waals surface area contributed by atoms with Gasteiger partial charge in [0.2, 0.25) is 47.3 Å². The van der Waals surface area contributed by atoms with Crippen LogP contribution in [0.3, 0.4) is 0 Å². The largest absolute Gasteiger partial charge is 0.616 e. The van der Waals surface area contributed by atoms with E-state index in [9.17, 15) is 33.2 Å². The molecule has 11 atom stereocenters. The van der Waals surface area contributed by atoms with Gasteiger partial charge in [0.1, 0.15) is 83.7 Å². The fourth-order valence-corrected chi connectivity index (χ4v) is 13.8. The lowest BCUT2D eigenvalue weighted by atomic mass is 9.95. The number of methoxy groups -OCH3 is 2. The number of benzene rings is 4. The van der Waals surface area contributed by atoms with Gasteiger partial charge in [0, 0.05) is 74.3 Å². The molecule has 4 heterocycles. The number of H-pyrrole nitrogens is 1. The first-order valence-corrected chi connectivity index (χ1v) is 34.4. The summed E-state index contributed by atoms with van der Waals surface area (Å²) < 4.78 is 60.5. The van der Waals surface area contributed by atoms with E-state index >= 15 is 23.6 Å². The molecule has 1 fully saturated rings. The van der Waals surface area contributed by atoms with Gasteiger partial charge in [-0.15, -0.1) is 0 Å². The van der Waals surface area contributed by atoms with E-state index in [0.29, 0.717) is 74.6 Å². The molecule has 4 aromatic carbocycles. The molecule has 9 N–H and O–H groups in total. The monoisotopic (exact) mass is 1350 g/mol. The molecule has 95 heavy (non-hydrogen) atoms. The van der Waals surface area contributed by atoms with Crippen LogP contribution in [0.2, 0.25) is 0 Å². The average molecular weight is 1350 g/mol. The van der Waals surface area contributed by atoms with Crippen molar-refractivity contribution in [2.45, 2.75) is 151 Å². The molecule has 8 amide bonds. The molecule has 2 unspecified atom stereocenters. The molecule has 27 heteroatoms. The van der Waals surface area contributed by atoms with E-state index in [2.05, 4.69) is 42.2 Å². The van der Waals surface area contributed by atoms with Crippen LogP contribution in [0.25, 0.3) is 10.9 Å². The normalized spacial score (nSPS) is 26.8. The van der Waals surface area contributed by atoms with Gasteiger partial charge in [-0.05, 0) is 148 Å². The molecular weight excluding hydrogens is 1270 g/mol. The lowest BCUT2D eigenvalue weighted by molar-refractivity contribution is -0.144. The van der Waals surface area contributed by atoms with Crippen LogP contribution < -0.4 is 46.7 Å². The van der Waals surface area contributed by atoms with Crippen LogP contribution in [0.1, 0.15) is 87.6 Å². The van der Waals surface area contributed by atoms with Crippen molar-refractivity contribution < 1.29 is 71.0 Å². The number of nitrogens with one attached hydrogen (secondary N) is 8. The van der Waals surface area contributed by atoms with Crippen LogP contribution in [-0.2, 0) is 85.0 Å². The van der Waals surface area contributed by atoms with E-state index in [1.165, 1.54) is 77.2 Å². The molecule has 3 aliphatic rings. The quantitative estimate of drug-likeness (QED) is 0.0825. The number of carbonyl (C=O) groups is 8. The maximum atomic E-state index is 15.5. The number of fused-ring (bicyclic) bond motifs is 12. The Balaban J connectivity index is 1.15. The van der Waals surface area contributed by atoms with E-state index in [1.807, 2.05) is 0 Å². The van der Waals surface area contributed by atoms with Crippen molar-refractivity contribution in [3.8, 4) is 11.5 Å². The third-order valence-corrected chi connectivity index (χ3v) is 19.8. The number of halogens is 2. The van der Waals surface area contributed by atoms with Gasteiger partial charge < -0.3 is 71.0 Å². The number of ether oxygens (including phenoxy) is 3. The van der Waals surface area contributed by atoms with Gasteiger partial charge in [-0.25, -0.2) is 8.78 Å². The fourth-order valence-electron chi connectivity index (χ4n) is 11.9. The molecule has 0 spiro atoms. The molecule has 1 aromatic heterocycles. The third-order valence-electron chi connectivity index (χ3n) is 17.4. The molecule has 0 aliphatic carbocycles. The Kier molecular flexibility index (Phi) is 26.1. The minimum atomic E-state index is -1.63. The molecule has 6 bridgehead atoms. The number of carbonyl (C=O) groups excluding carboxylic acids is 8. The van der Waals surface area contributed by atoms with Crippen molar-refractivity contribution in [2.24, 2.45) is 0 Å². The number of thioether (sulfide) groups is 1. The molecule has 23 nitrogen and oxygen atoms in total. The summed E-state index contributed by atoms with van der Waals surface area (Å²) in [6.07, 6.45) is 2.91. The standard InChI is InChI=1S/C68H86F2N10O13S2/c1-40-60(82)74-41(2)61(83)75-54-34-44-13-11-14-51(32-44)93-26-10-8-9-15-57(79(5)65(87)56(76-62(54)84)35-47-37-72-53-21-18-48(69)36-52(47)53)63(85)78-59(42(3)91-6)64(86)77-55(33-43-16-19-50(92-7)20-17-43)66(88)80-25-12-23-68(80,4)67(89)71-24-27-94-38-45-29-46(31-49(70)30-45)39-95(90)28-22-58(81)73-40/h8,10-11,13-14,16-21,29-32,36-37,40-42,54-57,59,66,72,88H,9,12,15,22-28,33-35,38-39H2,1-7H3,(H,71,89)(H,73,81)(H,74,82)(H,75,83)(H,76,84)(H,77,86)(H,78,85)/b10-8+/t40-,41+,42+,54-,55-,56-,57-,59-,66?,68-,95?/m0/s1. The number of rotatable bonds is 7. The number of nitrogens with zero attached hydrogens (tertiary/aromatic N) is 2. The number of aliphatic hydroxyl groups is 1. The second kappa shape index (κ2) is 34.0. The number of aromatic amines is 1. The van der Waals surface area contributed by atoms with E-state index in [1.54, 1.807) is 91.7 Å². The molecule has 0 radical (unpaired) electrons. The van der Waals surface area contributed by atoms with Crippen molar-refractivity contribution in [1.29, 1.82) is 0 Å². The number of aromatic nitrogens is 1. The Bertz CT molecular complexity index is 3570. The smallest absolute Gasteiger partial charge is 0.245 e. The van der Waals surface area contributed by atoms with Gasteiger partial charge >= 0.3 is 0 Å². The number of hydrogen-bond donors (Lipinski definition) is 9. The summed E-state index contributed by atoms with van der Waals surface area (Å²) in [5.74, 6) is -5.39. The highest BCUT2D eigenvalue weighted by atomic mass is 32.2. The van der Waals surface area contributed by atoms with Gasteiger partial charge in [0.05, 0.1) is 31.2 Å². The van der Waals surface area contributed by atoms with Gasteiger partial charge in [-0.1, -0.05) is 42.5 Å². The minimum absolute atomic E-state index is 0.0370. The summed E-state index contributed by atoms with van der Waals surface area (Å²) in [4.78, 5) is 122. The van der Waals surface area contributed by atoms with Crippen LogP contribution in [0.4, 0.5) is 8.78 Å². The number of hydrogen-bond acceptors (Lipinski definition) is 15. The maximum Gasteiger partial charge on any atom is 0.245 e. The Morgan fingerprint density at radius 2 is 1.56 bits per heavy atom. The van der Waals surface area contributed by atoms with Crippen LogP contribution in [0.15, 0.2) is 103 Å². The highest BCUT2D eigenvalue weighted by Gasteiger charge is 2.48. The SMILES string of the molecule is COc1ccc(C[C@@H]2NC(=O)[C@H]([C@@H](C)OC)NC(=O)[C@@H]3CC/C=C/COc4cccc(c4)C[C@H](NC(=O)[C@@H](C)NC(=O)[C@H](C)NC(=O)CC[S+]([O-])Cc4cc(F)cc(c4)CSCCNC(=O)[C@]4(C)CCCN4C2O)C(=O)N[C@@H](Cc2c[nH]c4ccc(F)cc24)C(=O)N3C)cc1. The highest BCUT2D eigenvalue weighted by Crippen LogP contribution is 2.33. The topological polar surface area (TPSA) is 314 Å². The minimum Gasteiger partial charge on any atom is -0.616 e. The van der Waals surface area contributed by atoms with Crippen LogP contribution in [-0.4, -0.2) is 184 Å². The van der Waals surface area contributed by atoms with Crippen LogP contribution >= 0.6 is 11.8 Å². The molecule has 8 rings (SSSR count). The van der Waals surface area contributed by atoms with E-state index in [0.717, 1.165) is 4.90 Å². The predicted molar refractivity (Wildman–Crippen MR) is 356 cm³/mol. The van der Waals surface area contributed by atoms with Crippen molar-refractivity contribution >= 4 is 81.1 Å². The Hall–Kier alpha value is -8.08. The maximum absolute atomic E-state index is 15.5.